The van der Waals surface area contributed by atoms with Gasteiger partial charge in [-0.1, -0.05) is 12.1 Å². The van der Waals surface area contributed by atoms with E-state index in [4.69, 9.17) is 0 Å². The first kappa shape index (κ1) is 15.3. The number of benzene rings is 1. The Kier molecular flexibility index (Phi) is 4.17. The van der Waals surface area contributed by atoms with Gasteiger partial charge in [0.1, 0.15) is 15.6 Å². The lowest BCUT2D eigenvalue weighted by molar-refractivity contribution is -0.141. The standard InChI is InChI=1S/C13H10F3NO3S/c1-2-20-12(19)9-10(13(14,15)16)17-11(21-9)7-4-3-5-8(18)6-7/h3-6,18H,2H2,1H3. The zero-order valence-corrected chi connectivity index (χ0v) is 11.6. The molecule has 1 heterocycles. The highest BCUT2D eigenvalue weighted by molar-refractivity contribution is 7.17. The van der Waals surface area contributed by atoms with Crippen LogP contribution >= 0.6 is 11.3 Å². The van der Waals surface area contributed by atoms with Gasteiger partial charge in [0.2, 0.25) is 0 Å². The first-order valence-corrected chi connectivity index (χ1v) is 6.69. The van der Waals surface area contributed by atoms with E-state index in [0.29, 0.717) is 16.9 Å². The maximum atomic E-state index is 12.9. The van der Waals surface area contributed by atoms with Gasteiger partial charge >= 0.3 is 12.1 Å². The fourth-order valence-corrected chi connectivity index (χ4v) is 2.59. The van der Waals surface area contributed by atoms with Gasteiger partial charge in [-0.3, -0.25) is 0 Å². The molecule has 2 aromatic rings. The Morgan fingerprint density at radius 3 is 2.71 bits per heavy atom. The van der Waals surface area contributed by atoms with E-state index in [1.165, 1.54) is 31.2 Å². The predicted octanol–water partition coefficient (Wildman–Crippen LogP) is 3.71. The Morgan fingerprint density at radius 1 is 1.43 bits per heavy atom. The highest BCUT2D eigenvalue weighted by Crippen LogP contribution is 2.38. The van der Waals surface area contributed by atoms with Crippen LogP contribution in [0.2, 0.25) is 0 Å². The molecule has 0 saturated carbocycles. The van der Waals surface area contributed by atoms with Crippen LogP contribution in [0.4, 0.5) is 13.2 Å². The normalized spacial score (nSPS) is 11.4. The molecule has 0 saturated heterocycles. The topological polar surface area (TPSA) is 59.4 Å². The molecule has 1 aromatic carbocycles. The molecule has 0 unspecified atom stereocenters. The molecule has 21 heavy (non-hydrogen) atoms. The zero-order valence-electron chi connectivity index (χ0n) is 10.8. The number of carbonyl (C=O) groups is 1. The molecule has 4 nitrogen and oxygen atoms in total. The minimum Gasteiger partial charge on any atom is -0.508 e. The number of phenols is 1. The number of carbonyl (C=O) groups excluding carboxylic acids is 1. The Balaban J connectivity index is 2.53. The van der Waals surface area contributed by atoms with Crippen molar-refractivity contribution in [2.45, 2.75) is 13.1 Å². The molecule has 0 amide bonds. The van der Waals surface area contributed by atoms with Gasteiger partial charge in [0, 0.05) is 5.56 Å². The van der Waals surface area contributed by atoms with Crippen molar-refractivity contribution in [1.82, 2.24) is 4.98 Å². The summed E-state index contributed by atoms with van der Waals surface area (Å²) in [4.78, 5) is 14.5. The smallest absolute Gasteiger partial charge is 0.435 e. The van der Waals surface area contributed by atoms with Crippen molar-refractivity contribution in [3.63, 3.8) is 0 Å². The number of ether oxygens (including phenoxy) is 1. The van der Waals surface area contributed by atoms with Gasteiger partial charge in [0.15, 0.2) is 5.69 Å². The van der Waals surface area contributed by atoms with Gasteiger partial charge in [0.25, 0.3) is 0 Å². The van der Waals surface area contributed by atoms with Gasteiger partial charge < -0.3 is 9.84 Å². The van der Waals surface area contributed by atoms with Crippen LogP contribution in [0.15, 0.2) is 24.3 Å². The van der Waals surface area contributed by atoms with E-state index in [2.05, 4.69) is 9.72 Å². The first-order valence-electron chi connectivity index (χ1n) is 5.87. The molecular formula is C13H10F3NO3S. The molecule has 0 radical (unpaired) electrons. The fraction of sp³-hybridized carbons (Fsp3) is 0.231. The highest BCUT2D eigenvalue weighted by Gasteiger charge is 2.40. The van der Waals surface area contributed by atoms with E-state index in [-0.39, 0.29) is 17.4 Å². The van der Waals surface area contributed by atoms with Crippen LogP contribution in [0.1, 0.15) is 22.3 Å². The maximum Gasteiger partial charge on any atom is 0.435 e. The SMILES string of the molecule is CCOC(=O)c1sc(-c2cccc(O)c2)nc1C(F)(F)F. The number of hydrogen-bond acceptors (Lipinski definition) is 5. The lowest BCUT2D eigenvalue weighted by atomic mass is 10.2. The number of rotatable bonds is 3. The van der Waals surface area contributed by atoms with Crippen molar-refractivity contribution in [2.75, 3.05) is 6.61 Å². The van der Waals surface area contributed by atoms with Crippen molar-refractivity contribution in [2.24, 2.45) is 0 Å². The average molecular weight is 317 g/mol. The number of thiazole rings is 1. The van der Waals surface area contributed by atoms with Crippen molar-refractivity contribution in [3.8, 4) is 16.3 Å². The van der Waals surface area contributed by atoms with E-state index in [1.807, 2.05) is 0 Å². The van der Waals surface area contributed by atoms with E-state index in [1.54, 1.807) is 0 Å². The summed E-state index contributed by atoms with van der Waals surface area (Å²) in [6, 6.07) is 5.62. The molecule has 0 aliphatic heterocycles. The number of aromatic nitrogens is 1. The van der Waals surface area contributed by atoms with Gasteiger partial charge in [-0.25, -0.2) is 9.78 Å². The second-order valence-corrected chi connectivity index (χ2v) is 4.96. The van der Waals surface area contributed by atoms with Crippen LogP contribution < -0.4 is 0 Å². The van der Waals surface area contributed by atoms with Crippen molar-refractivity contribution < 1.29 is 27.8 Å². The molecule has 0 aliphatic carbocycles. The minimum absolute atomic E-state index is 0.0127. The lowest BCUT2D eigenvalue weighted by Gasteiger charge is -2.05. The molecule has 0 spiro atoms. The quantitative estimate of drug-likeness (QED) is 0.877. The van der Waals surface area contributed by atoms with E-state index >= 15 is 0 Å². The Bertz CT molecular complexity index is 667. The second-order valence-electron chi connectivity index (χ2n) is 3.97. The minimum atomic E-state index is -4.76. The summed E-state index contributed by atoms with van der Waals surface area (Å²) in [5.74, 6) is -1.16. The van der Waals surface area contributed by atoms with Gasteiger partial charge in [-0.15, -0.1) is 11.3 Å². The molecule has 2 rings (SSSR count). The maximum absolute atomic E-state index is 12.9. The molecular weight excluding hydrogens is 307 g/mol. The predicted molar refractivity (Wildman–Crippen MR) is 70.2 cm³/mol. The fourth-order valence-electron chi connectivity index (χ4n) is 1.61. The molecule has 1 aromatic heterocycles. The summed E-state index contributed by atoms with van der Waals surface area (Å²) in [5, 5.41) is 9.35. The molecule has 0 fully saturated rings. The Morgan fingerprint density at radius 2 is 2.14 bits per heavy atom. The monoisotopic (exact) mass is 317 g/mol. The third-order valence-corrected chi connectivity index (χ3v) is 3.53. The van der Waals surface area contributed by atoms with Crippen LogP contribution in [0.25, 0.3) is 10.6 Å². The largest absolute Gasteiger partial charge is 0.508 e. The van der Waals surface area contributed by atoms with Crippen LogP contribution in [0.5, 0.6) is 5.75 Å². The van der Waals surface area contributed by atoms with Crippen molar-refractivity contribution >= 4 is 17.3 Å². The van der Waals surface area contributed by atoms with E-state index in [9.17, 15) is 23.1 Å². The van der Waals surface area contributed by atoms with E-state index in [0.717, 1.165) is 0 Å². The second kappa shape index (κ2) is 5.72. The molecule has 112 valence electrons. The summed E-state index contributed by atoms with van der Waals surface area (Å²) in [5.41, 5.74) is -0.981. The number of alkyl halides is 3. The lowest BCUT2D eigenvalue weighted by Crippen LogP contribution is -2.13. The van der Waals surface area contributed by atoms with Crippen molar-refractivity contribution in [1.29, 1.82) is 0 Å². The van der Waals surface area contributed by atoms with E-state index < -0.39 is 22.7 Å². The molecule has 0 aliphatic rings. The molecule has 0 atom stereocenters. The number of nitrogens with zero attached hydrogens (tertiary/aromatic N) is 1. The van der Waals surface area contributed by atoms with Gasteiger partial charge in [0.05, 0.1) is 6.61 Å². The molecule has 8 heteroatoms. The summed E-state index contributed by atoms with van der Waals surface area (Å²) in [6.45, 7) is 1.47. The van der Waals surface area contributed by atoms with Crippen LogP contribution in [0, 0.1) is 0 Å². The third kappa shape index (κ3) is 3.33. The van der Waals surface area contributed by atoms with Gasteiger partial charge in [-0.2, -0.15) is 13.2 Å². The average Bonchev–Trinajstić information content (AvgIpc) is 2.84. The van der Waals surface area contributed by atoms with Crippen molar-refractivity contribution in [3.05, 3.63) is 34.8 Å². The van der Waals surface area contributed by atoms with Crippen LogP contribution in [-0.4, -0.2) is 22.7 Å². The third-order valence-electron chi connectivity index (χ3n) is 2.45. The van der Waals surface area contributed by atoms with Crippen LogP contribution in [-0.2, 0) is 10.9 Å². The van der Waals surface area contributed by atoms with Gasteiger partial charge in [-0.05, 0) is 19.1 Å². The Hall–Kier alpha value is -2.09. The first-order chi connectivity index (χ1) is 9.82. The number of aromatic hydroxyl groups is 1. The number of esters is 1. The number of halogens is 3. The summed E-state index contributed by atoms with van der Waals surface area (Å²) >= 11 is 0.579. The summed E-state index contributed by atoms with van der Waals surface area (Å²) in [6.07, 6.45) is -4.76. The summed E-state index contributed by atoms with van der Waals surface area (Å²) in [7, 11) is 0. The highest BCUT2D eigenvalue weighted by atomic mass is 32.1. The molecule has 1 N–H and O–H groups in total. The zero-order chi connectivity index (χ0) is 15.6. The van der Waals surface area contributed by atoms with Crippen LogP contribution in [0.3, 0.4) is 0 Å². The summed E-state index contributed by atoms with van der Waals surface area (Å²) < 4.78 is 43.5. The Labute approximate surface area is 121 Å². The number of hydrogen-bond donors (Lipinski definition) is 1. The number of phenolic OH excluding ortho intramolecular Hbond substituents is 1. The molecule has 0 bridgehead atoms.